The molecular formula is C11H15ClFN3O4S. The van der Waals surface area contributed by atoms with Gasteiger partial charge in [0.2, 0.25) is 15.9 Å². The first-order valence-corrected chi connectivity index (χ1v) is 7.64. The highest BCUT2D eigenvalue weighted by Crippen LogP contribution is 2.25. The van der Waals surface area contributed by atoms with E-state index in [1.807, 2.05) is 4.72 Å². The second-order valence-electron chi connectivity index (χ2n) is 3.97. The fourth-order valence-corrected chi connectivity index (χ4v) is 2.87. The molecule has 0 bridgehead atoms. The molecule has 0 heterocycles. The standard InChI is InChI=1S/C11H15ClFN3O4S/c1-20-3-2-15-11(17)6-16-21(18,19)10-5-9(14)8(13)4-7(10)12/h4-5,16H,2-3,6,14H2,1H3,(H,15,17). The summed E-state index contributed by atoms with van der Waals surface area (Å²) in [6.45, 7) is 0.0692. The van der Waals surface area contributed by atoms with Gasteiger partial charge in [-0.05, 0) is 12.1 Å². The van der Waals surface area contributed by atoms with E-state index in [4.69, 9.17) is 22.1 Å². The molecule has 0 atom stereocenters. The van der Waals surface area contributed by atoms with Crippen molar-refractivity contribution in [2.45, 2.75) is 4.90 Å². The van der Waals surface area contributed by atoms with Gasteiger partial charge < -0.3 is 15.8 Å². The fraction of sp³-hybridized carbons (Fsp3) is 0.364. The Morgan fingerprint density at radius 3 is 2.76 bits per heavy atom. The number of carbonyl (C=O) groups is 1. The molecule has 0 radical (unpaired) electrons. The van der Waals surface area contributed by atoms with Crippen LogP contribution in [0.4, 0.5) is 10.1 Å². The van der Waals surface area contributed by atoms with Gasteiger partial charge in [-0.1, -0.05) is 11.6 Å². The van der Waals surface area contributed by atoms with E-state index in [-0.39, 0.29) is 17.3 Å². The molecule has 0 aliphatic carbocycles. The summed E-state index contributed by atoms with van der Waals surface area (Å²) >= 11 is 5.67. The molecule has 1 rings (SSSR count). The van der Waals surface area contributed by atoms with Crippen molar-refractivity contribution in [3.05, 3.63) is 23.0 Å². The van der Waals surface area contributed by atoms with Gasteiger partial charge in [-0.25, -0.2) is 17.5 Å². The van der Waals surface area contributed by atoms with Crippen molar-refractivity contribution in [1.82, 2.24) is 10.0 Å². The first kappa shape index (κ1) is 17.6. The number of carbonyl (C=O) groups excluding carboxylic acids is 1. The van der Waals surface area contributed by atoms with Crippen LogP contribution in [0.25, 0.3) is 0 Å². The quantitative estimate of drug-likeness (QED) is 0.482. The van der Waals surface area contributed by atoms with Crippen molar-refractivity contribution < 1.29 is 22.3 Å². The molecule has 1 amide bonds. The Hall–Kier alpha value is -1.42. The predicted molar refractivity (Wildman–Crippen MR) is 75.9 cm³/mol. The van der Waals surface area contributed by atoms with Crippen molar-refractivity contribution in [2.24, 2.45) is 0 Å². The predicted octanol–water partition coefficient (Wildman–Crippen LogP) is 0.102. The zero-order chi connectivity index (χ0) is 16.0. The zero-order valence-electron chi connectivity index (χ0n) is 11.2. The van der Waals surface area contributed by atoms with Crippen molar-refractivity contribution in [3.63, 3.8) is 0 Å². The number of amides is 1. The second-order valence-corrected chi connectivity index (χ2v) is 6.11. The van der Waals surface area contributed by atoms with Crippen LogP contribution in [0.1, 0.15) is 0 Å². The number of nitrogens with one attached hydrogen (secondary N) is 2. The second kappa shape index (κ2) is 7.55. The van der Waals surface area contributed by atoms with E-state index in [2.05, 4.69) is 5.32 Å². The van der Waals surface area contributed by atoms with Crippen LogP contribution in [0, 0.1) is 5.82 Å². The molecular weight excluding hydrogens is 325 g/mol. The minimum atomic E-state index is -4.08. The summed E-state index contributed by atoms with van der Waals surface area (Å²) in [6.07, 6.45) is 0. The highest BCUT2D eigenvalue weighted by Gasteiger charge is 2.20. The molecule has 0 spiro atoms. The SMILES string of the molecule is COCCNC(=O)CNS(=O)(=O)c1cc(N)c(F)cc1Cl. The maximum absolute atomic E-state index is 13.1. The maximum Gasteiger partial charge on any atom is 0.242 e. The van der Waals surface area contributed by atoms with Gasteiger partial charge in [0.1, 0.15) is 10.7 Å². The average molecular weight is 340 g/mol. The number of anilines is 1. The molecule has 1 aromatic carbocycles. The van der Waals surface area contributed by atoms with Crippen molar-refractivity contribution in [2.75, 3.05) is 32.5 Å². The summed E-state index contributed by atoms with van der Waals surface area (Å²) in [7, 11) is -2.61. The minimum absolute atomic E-state index is 0.251. The van der Waals surface area contributed by atoms with E-state index in [0.29, 0.717) is 6.61 Å². The lowest BCUT2D eigenvalue weighted by atomic mass is 10.3. The molecule has 0 aromatic heterocycles. The molecule has 0 fully saturated rings. The van der Waals surface area contributed by atoms with Gasteiger partial charge in [0, 0.05) is 13.7 Å². The molecule has 7 nitrogen and oxygen atoms in total. The lowest BCUT2D eigenvalue weighted by Gasteiger charge is -2.10. The Labute approximate surface area is 126 Å². The van der Waals surface area contributed by atoms with E-state index >= 15 is 0 Å². The number of ether oxygens (including phenoxy) is 1. The van der Waals surface area contributed by atoms with Crippen LogP contribution in [-0.2, 0) is 19.6 Å². The maximum atomic E-state index is 13.1. The summed E-state index contributed by atoms with van der Waals surface area (Å²) in [4.78, 5) is 11.0. The molecule has 0 saturated carbocycles. The number of halogens is 2. The molecule has 1 aromatic rings. The molecule has 10 heteroatoms. The van der Waals surface area contributed by atoms with Gasteiger partial charge in [0.15, 0.2) is 0 Å². The van der Waals surface area contributed by atoms with E-state index in [0.717, 1.165) is 12.1 Å². The zero-order valence-corrected chi connectivity index (χ0v) is 12.7. The molecule has 0 saturated heterocycles. The molecule has 118 valence electrons. The Kier molecular flexibility index (Phi) is 6.34. The Balaban J connectivity index is 2.74. The van der Waals surface area contributed by atoms with E-state index < -0.39 is 33.2 Å². The monoisotopic (exact) mass is 339 g/mol. The topological polar surface area (TPSA) is 111 Å². The number of hydrogen-bond donors (Lipinski definition) is 3. The van der Waals surface area contributed by atoms with Crippen LogP contribution in [0.3, 0.4) is 0 Å². The number of hydrogen-bond acceptors (Lipinski definition) is 5. The van der Waals surface area contributed by atoms with Crippen molar-refractivity contribution >= 4 is 33.2 Å². The number of rotatable bonds is 7. The molecule has 0 unspecified atom stereocenters. The smallest absolute Gasteiger partial charge is 0.242 e. The summed E-state index contributed by atoms with van der Waals surface area (Å²) in [5, 5.41) is 2.11. The van der Waals surface area contributed by atoms with E-state index in [1.165, 1.54) is 7.11 Å². The Morgan fingerprint density at radius 1 is 1.48 bits per heavy atom. The normalized spacial score (nSPS) is 11.4. The van der Waals surface area contributed by atoms with Crippen molar-refractivity contribution in [1.29, 1.82) is 0 Å². The third-order valence-corrected chi connectivity index (χ3v) is 4.26. The minimum Gasteiger partial charge on any atom is -0.396 e. The van der Waals surface area contributed by atoms with E-state index in [1.54, 1.807) is 0 Å². The van der Waals surface area contributed by atoms with Crippen LogP contribution in [0.15, 0.2) is 17.0 Å². The van der Waals surface area contributed by atoms with Crippen molar-refractivity contribution in [3.8, 4) is 0 Å². The third-order valence-electron chi connectivity index (χ3n) is 2.39. The summed E-state index contributed by atoms with van der Waals surface area (Å²) in [5.74, 6) is -1.36. The number of methoxy groups -OCH3 is 1. The third kappa shape index (κ3) is 5.12. The van der Waals surface area contributed by atoms with Crippen LogP contribution < -0.4 is 15.8 Å². The van der Waals surface area contributed by atoms with Crippen LogP contribution in [-0.4, -0.2) is 41.1 Å². The number of sulfonamides is 1. The van der Waals surface area contributed by atoms with Gasteiger partial charge in [-0.3, -0.25) is 4.79 Å². The van der Waals surface area contributed by atoms with Crippen LogP contribution >= 0.6 is 11.6 Å². The highest BCUT2D eigenvalue weighted by atomic mass is 35.5. The summed E-state index contributed by atoms with van der Waals surface area (Å²) in [6, 6.07) is 1.69. The van der Waals surface area contributed by atoms with Crippen LogP contribution in [0.2, 0.25) is 5.02 Å². The van der Waals surface area contributed by atoms with Gasteiger partial charge in [0.05, 0.1) is 23.9 Å². The highest BCUT2D eigenvalue weighted by molar-refractivity contribution is 7.89. The van der Waals surface area contributed by atoms with E-state index in [9.17, 15) is 17.6 Å². The summed E-state index contributed by atoms with van der Waals surface area (Å²) in [5.41, 5.74) is 4.95. The lowest BCUT2D eigenvalue weighted by Crippen LogP contribution is -2.38. The van der Waals surface area contributed by atoms with Gasteiger partial charge in [0.25, 0.3) is 0 Å². The Bertz CT molecular complexity index is 624. The molecule has 21 heavy (non-hydrogen) atoms. The first-order chi connectivity index (χ1) is 9.77. The van der Waals surface area contributed by atoms with Gasteiger partial charge >= 0.3 is 0 Å². The Morgan fingerprint density at radius 2 is 2.14 bits per heavy atom. The van der Waals surface area contributed by atoms with Crippen LogP contribution in [0.5, 0.6) is 0 Å². The van der Waals surface area contributed by atoms with Gasteiger partial charge in [-0.15, -0.1) is 0 Å². The fourth-order valence-electron chi connectivity index (χ4n) is 1.34. The number of nitrogen functional groups attached to an aromatic ring is 1. The average Bonchev–Trinajstić information content (AvgIpc) is 2.41. The first-order valence-electron chi connectivity index (χ1n) is 5.77. The van der Waals surface area contributed by atoms with Gasteiger partial charge in [-0.2, -0.15) is 0 Å². The molecule has 0 aliphatic heterocycles. The largest absolute Gasteiger partial charge is 0.396 e. The number of benzene rings is 1. The molecule has 0 aliphatic rings. The molecule has 4 N–H and O–H groups in total. The lowest BCUT2D eigenvalue weighted by molar-refractivity contribution is -0.120. The summed E-state index contributed by atoms with van der Waals surface area (Å²) < 4.78 is 43.9. The number of nitrogens with two attached hydrogens (primary N) is 1.